The smallest absolute Gasteiger partial charge is 0.227 e. The van der Waals surface area contributed by atoms with Crippen LogP contribution in [0.4, 0.5) is 17.1 Å². The fourth-order valence-electron chi connectivity index (χ4n) is 7.98. The van der Waals surface area contributed by atoms with Gasteiger partial charge in [-0.25, -0.2) is 4.98 Å². The average molecular weight is 705 g/mol. The van der Waals surface area contributed by atoms with Gasteiger partial charge in [-0.05, 0) is 92.8 Å². The summed E-state index contributed by atoms with van der Waals surface area (Å²) >= 11 is 0. The summed E-state index contributed by atoms with van der Waals surface area (Å²) in [6, 6.07) is 68.3. The molecule has 9 aromatic carbocycles. The second kappa shape index (κ2) is 12.6. The predicted molar refractivity (Wildman–Crippen MR) is 227 cm³/mol. The lowest BCUT2D eigenvalue weighted by Crippen LogP contribution is -2.10. The monoisotopic (exact) mass is 704 g/mol. The lowest BCUT2D eigenvalue weighted by Gasteiger charge is -2.27. The lowest BCUT2D eigenvalue weighted by molar-refractivity contribution is 0.620. The van der Waals surface area contributed by atoms with E-state index < -0.39 is 0 Å². The van der Waals surface area contributed by atoms with Crippen molar-refractivity contribution in [1.29, 1.82) is 0 Å². The van der Waals surface area contributed by atoms with E-state index in [-0.39, 0.29) is 0 Å². The summed E-state index contributed by atoms with van der Waals surface area (Å²) in [6.45, 7) is 0. The number of nitrogens with zero attached hydrogens (tertiary/aromatic N) is 2. The van der Waals surface area contributed by atoms with Crippen molar-refractivity contribution in [2.24, 2.45) is 0 Å². The SMILES string of the molecule is c1ccc(-c2cccc(N(c3ccc(-c4cccc5c4oc4cc6nc(-c7ccccc7)oc6cc45)cc3)c3ccc4c(ccc5ccccc54)c3)c2)cc1. The molecule has 0 aliphatic heterocycles. The molecule has 0 saturated heterocycles. The van der Waals surface area contributed by atoms with E-state index in [0.29, 0.717) is 5.89 Å². The van der Waals surface area contributed by atoms with Gasteiger partial charge in [-0.15, -0.1) is 0 Å². The Morgan fingerprint density at radius 2 is 1.04 bits per heavy atom. The van der Waals surface area contributed by atoms with Crippen LogP contribution in [0.25, 0.3) is 88.3 Å². The lowest BCUT2D eigenvalue weighted by atomic mass is 10.00. The average Bonchev–Trinajstić information content (AvgIpc) is 3.84. The Bertz CT molecular complexity index is 3200. The maximum Gasteiger partial charge on any atom is 0.227 e. The van der Waals surface area contributed by atoms with Gasteiger partial charge in [0.15, 0.2) is 5.58 Å². The van der Waals surface area contributed by atoms with Crippen LogP contribution in [-0.2, 0) is 0 Å². The third kappa shape index (κ3) is 5.34. The first-order valence-electron chi connectivity index (χ1n) is 18.5. The molecule has 4 nitrogen and oxygen atoms in total. The summed E-state index contributed by atoms with van der Waals surface area (Å²) in [5, 5.41) is 6.99. The number of anilines is 3. The zero-order valence-electron chi connectivity index (χ0n) is 29.7. The zero-order chi connectivity index (χ0) is 36.3. The molecule has 258 valence electrons. The molecule has 4 heteroatoms. The Hall–Kier alpha value is -7.43. The number of rotatable bonds is 6. The Morgan fingerprint density at radius 1 is 0.364 bits per heavy atom. The van der Waals surface area contributed by atoms with Gasteiger partial charge in [0, 0.05) is 45.0 Å². The highest BCUT2D eigenvalue weighted by Gasteiger charge is 2.18. The van der Waals surface area contributed by atoms with E-state index in [1.807, 2.05) is 36.4 Å². The van der Waals surface area contributed by atoms with Gasteiger partial charge in [-0.3, -0.25) is 0 Å². The van der Waals surface area contributed by atoms with Crippen LogP contribution in [-0.4, -0.2) is 4.98 Å². The van der Waals surface area contributed by atoms with E-state index in [1.54, 1.807) is 0 Å². The van der Waals surface area contributed by atoms with Crippen molar-refractivity contribution in [3.05, 3.63) is 194 Å². The molecule has 0 radical (unpaired) electrons. The number of benzene rings is 9. The molecule has 0 aliphatic carbocycles. The van der Waals surface area contributed by atoms with Crippen LogP contribution in [0.15, 0.2) is 203 Å². The Balaban J connectivity index is 1.01. The molecule has 2 heterocycles. The minimum atomic E-state index is 0.603. The van der Waals surface area contributed by atoms with E-state index >= 15 is 0 Å². The third-order valence-corrected chi connectivity index (χ3v) is 10.7. The number of hydrogen-bond acceptors (Lipinski definition) is 4. The maximum atomic E-state index is 6.61. The van der Waals surface area contributed by atoms with Crippen molar-refractivity contribution in [1.82, 2.24) is 4.98 Å². The van der Waals surface area contributed by atoms with Gasteiger partial charge < -0.3 is 13.7 Å². The van der Waals surface area contributed by atoms with Crippen LogP contribution < -0.4 is 4.90 Å². The minimum Gasteiger partial charge on any atom is -0.455 e. The van der Waals surface area contributed by atoms with E-state index in [2.05, 4.69) is 163 Å². The standard InChI is InChI=1S/C51H32N2O2/c1-3-11-33(12-4-1)37-16-9-17-40(29-37)53(41-27-28-43-38(30-41)22-21-34-13-7-8-18-42(34)43)39-25-23-35(24-26-39)44-19-10-20-45-46-31-49-47(32-48(46)54-50(44)45)52-51(55-49)36-14-5-2-6-15-36/h1-32H. The normalized spacial score (nSPS) is 11.6. The highest BCUT2D eigenvalue weighted by molar-refractivity contribution is 6.12. The zero-order valence-corrected chi connectivity index (χ0v) is 29.7. The number of oxazole rings is 1. The molecule has 0 N–H and O–H groups in total. The summed E-state index contributed by atoms with van der Waals surface area (Å²) in [7, 11) is 0. The van der Waals surface area contributed by atoms with E-state index in [0.717, 1.165) is 66.8 Å². The van der Waals surface area contributed by atoms with Gasteiger partial charge >= 0.3 is 0 Å². The summed E-state index contributed by atoms with van der Waals surface area (Å²) in [5.41, 5.74) is 11.8. The first-order chi connectivity index (χ1) is 27.2. The molecule has 0 unspecified atom stereocenters. The van der Waals surface area contributed by atoms with Crippen molar-refractivity contribution < 1.29 is 8.83 Å². The molecule has 11 aromatic rings. The Kier molecular flexibility index (Phi) is 7.14. The molecule has 0 aliphatic rings. The van der Waals surface area contributed by atoms with Gasteiger partial charge in [-0.1, -0.05) is 133 Å². The Morgan fingerprint density at radius 3 is 1.89 bits per heavy atom. The molecule has 0 saturated carbocycles. The van der Waals surface area contributed by atoms with Crippen molar-refractivity contribution in [3.63, 3.8) is 0 Å². The van der Waals surface area contributed by atoms with Gasteiger partial charge in [-0.2, -0.15) is 0 Å². The topological polar surface area (TPSA) is 42.4 Å². The van der Waals surface area contributed by atoms with Crippen molar-refractivity contribution in [2.45, 2.75) is 0 Å². The quantitative estimate of drug-likeness (QED) is 0.162. The van der Waals surface area contributed by atoms with Crippen molar-refractivity contribution in [2.75, 3.05) is 4.90 Å². The molecule has 0 spiro atoms. The number of fused-ring (bicyclic) bond motifs is 7. The van der Waals surface area contributed by atoms with Crippen LogP contribution in [0.1, 0.15) is 0 Å². The van der Waals surface area contributed by atoms with E-state index in [1.165, 1.54) is 32.7 Å². The molecule has 55 heavy (non-hydrogen) atoms. The van der Waals surface area contributed by atoms with Crippen LogP contribution in [0.5, 0.6) is 0 Å². The molecule has 0 fully saturated rings. The van der Waals surface area contributed by atoms with Crippen LogP contribution in [0.3, 0.4) is 0 Å². The van der Waals surface area contributed by atoms with E-state index in [4.69, 9.17) is 13.8 Å². The van der Waals surface area contributed by atoms with Crippen LogP contribution >= 0.6 is 0 Å². The molecule has 0 amide bonds. The van der Waals surface area contributed by atoms with Crippen molar-refractivity contribution >= 4 is 71.6 Å². The number of aromatic nitrogens is 1. The van der Waals surface area contributed by atoms with Gasteiger partial charge in [0.1, 0.15) is 16.7 Å². The number of hydrogen-bond donors (Lipinski definition) is 0. The molecule has 2 aromatic heterocycles. The number of para-hydroxylation sites is 1. The van der Waals surface area contributed by atoms with Gasteiger partial charge in [0.25, 0.3) is 0 Å². The highest BCUT2D eigenvalue weighted by atomic mass is 16.4. The summed E-state index contributed by atoms with van der Waals surface area (Å²) in [5.74, 6) is 0.603. The first kappa shape index (κ1) is 31.1. The van der Waals surface area contributed by atoms with E-state index in [9.17, 15) is 0 Å². The highest BCUT2D eigenvalue weighted by Crippen LogP contribution is 2.42. The van der Waals surface area contributed by atoms with Crippen molar-refractivity contribution in [3.8, 4) is 33.7 Å². The second-order valence-corrected chi connectivity index (χ2v) is 14.0. The molecule has 0 atom stereocenters. The van der Waals surface area contributed by atoms with Gasteiger partial charge in [0.05, 0.1) is 0 Å². The fraction of sp³-hybridized carbons (Fsp3) is 0. The van der Waals surface area contributed by atoms with Gasteiger partial charge in [0.2, 0.25) is 5.89 Å². The second-order valence-electron chi connectivity index (χ2n) is 14.0. The minimum absolute atomic E-state index is 0.603. The fourth-order valence-corrected chi connectivity index (χ4v) is 7.98. The molecule has 0 bridgehead atoms. The van der Waals surface area contributed by atoms with Crippen LogP contribution in [0.2, 0.25) is 0 Å². The summed E-state index contributed by atoms with van der Waals surface area (Å²) < 4.78 is 12.8. The Labute approximate surface area is 317 Å². The van der Waals surface area contributed by atoms with Crippen LogP contribution in [0, 0.1) is 0 Å². The number of furan rings is 1. The largest absolute Gasteiger partial charge is 0.455 e. The summed E-state index contributed by atoms with van der Waals surface area (Å²) in [6.07, 6.45) is 0. The first-order valence-corrected chi connectivity index (χ1v) is 18.5. The molecular formula is C51H32N2O2. The third-order valence-electron chi connectivity index (χ3n) is 10.7. The summed E-state index contributed by atoms with van der Waals surface area (Å²) in [4.78, 5) is 7.13. The molecular weight excluding hydrogens is 673 g/mol. The maximum absolute atomic E-state index is 6.61. The predicted octanol–water partition coefficient (Wildman–Crippen LogP) is 14.5. The molecule has 11 rings (SSSR count).